The maximum Gasteiger partial charge on any atom is 0.161 e. The second-order valence-corrected chi connectivity index (χ2v) is 4.66. The molecule has 2 aromatic rings. The number of aryl methyl sites for hydroxylation is 1. The summed E-state index contributed by atoms with van der Waals surface area (Å²) in [5.74, 6) is 1.58. The van der Waals surface area contributed by atoms with E-state index in [9.17, 15) is 0 Å². The minimum atomic E-state index is 0.0108. The summed E-state index contributed by atoms with van der Waals surface area (Å²) in [4.78, 5) is 4.06. The lowest BCUT2D eigenvalue weighted by molar-refractivity contribution is 0.0851. The summed E-state index contributed by atoms with van der Waals surface area (Å²) in [7, 11) is 0. The molecule has 0 spiro atoms. The number of para-hydroxylation sites is 2. The standard InChI is InChI=1S/C16H14N2O2/c17-10-14-12(4-3-9-18-14)7-8-13-11-19-15-5-1-2-6-16(15)20-13/h1-6,9,13H,7-8,11H2/t13-/m1/s1. The van der Waals surface area contributed by atoms with Crippen LogP contribution in [0.2, 0.25) is 0 Å². The lowest BCUT2D eigenvalue weighted by Gasteiger charge is -2.26. The first kappa shape index (κ1) is 12.5. The van der Waals surface area contributed by atoms with Crippen LogP contribution in [0.1, 0.15) is 17.7 Å². The molecule has 4 nitrogen and oxygen atoms in total. The molecule has 3 rings (SSSR count). The smallest absolute Gasteiger partial charge is 0.161 e. The van der Waals surface area contributed by atoms with Crippen molar-refractivity contribution in [1.82, 2.24) is 4.98 Å². The third-order valence-electron chi connectivity index (χ3n) is 3.30. The first-order valence-corrected chi connectivity index (χ1v) is 6.59. The molecule has 0 amide bonds. The summed E-state index contributed by atoms with van der Waals surface area (Å²) in [6.45, 7) is 0.541. The zero-order chi connectivity index (χ0) is 13.8. The van der Waals surface area contributed by atoms with Crippen molar-refractivity contribution in [2.75, 3.05) is 6.61 Å². The Hall–Kier alpha value is -2.54. The zero-order valence-corrected chi connectivity index (χ0v) is 11.0. The Morgan fingerprint density at radius 3 is 2.90 bits per heavy atom. The van der Waals surface area contributed by atoms with Gasteiger partial charge in [-0.2, -0.15) is 5.26 Å². The number of ether oxygens (including phenoxy) is 2. The van der Waals surface area contributed by atoms with Gasteiger partial charge in [0, 0.05) is 6.20 Å². The van der Waals surface area contributed by atoms with Crippen LogP contribution in [-0.4, -0.2) is 17.7 Å². The third-order valence-corrected chi connectivity index (χ3v) is 3.30. The van der Waals surface area contributed by atoms with E-state index in [1.165, 1.54) is 0 Å². The Morgan fingerprint density at radius 1 is 1.20 bits per heavy atom. The molecule has 100 valence electrons. The largest absolute Gasteiger partial charge is 0.486 e. The van der Waals surface area contributed by atoms with Crippen molar-refractivity contribution >= 4 is 0 Å². The maximum atomic E-state index is 9.02. The molecule has 0 N–H and O–H groups in total. The molecule has 1 aromatic carbocycles. The molecule has 0 saturated carbocycles. The Labute approximate surface area is 117 Å². The Balaban J connectivity index is 1.65. The monoisotopic (exact) mass is 266 g/mol. The van der Waals surface area contributed by atoms with Gasteiger partial charge in [0.2, 0.25) is 0 Å². The molecule has 4 heteroatoms. The number of rotatable bonds is 3. The lowest BCUT2D eigenvalue weighted by atomic mass is 10.1. The first-order valence-electron chi connectivity index (χ1n) is 6.59. The molecular formula is C16H14N2O2. The molecule has 1 aromatic heterocycles. The Bertz CT molecular complexity index is 649. The van der Waals surface area contributed by atoms with Gasteiger partial charge in [-0.1, -0.05) is 18.2 Å². The van der Waals surface area contributed by atoms with E-state index in [4.69, 9.17) is 14.7 Å². The van der Waals surface area contributed by atoms with E-state index in [1.807, 2.05) is 36.4 Å². The van der Waals surface area contributed by atoms with Crippen molar-refractivity contribution in [3.05, 3.63) is 53.9 Å². The number of aromatic nitrogens is 1. The van der Waals surface area contributed by atoms with Gasteiger partial charge in [0.05, 0.1) is 0 Å². The van der Waals surface area contributed by atoms with Crippen molar-refractivity contribution in [2.24, 2.45) is 0 Å². The number of nitrogens with zero attached hydrogens (tertiary/aromatic N) is 2. The van der Waals surface area contributed by atoms with Crippen molar-refractivity contribution in [2.45, 2.75) is 18.9 Å². The second kappa shape index (κ2) is 5.62. The van der Waals surface area contributed by atoms with Crippen LogP contribution in [0.5, 0.6) is 11.5 Å². The average molecular weight is 266 g/mol. The van der Waals surface area contributed by atoms with Gasteiger partial charge < -0.3 is 9.47 Å². The molecule has 0 bridgehead atoms. The predicted octanol–water partition coefficient (Wildman–Crippen LogP) is 2.73. The highest BCUT2D eigenvalue weighted by atomic mass is 16.6. The van der Waals surface area contributed by atoms with E-state index in [2.05, 4.69) is 11.1 Å². The van der Waals surface area contributed by atoms with Gasteiger partial charge in [-0.05, 0) is 36.6 Å². The number of fused-ring (bicyclic) bond motifs is 1. The third kappa shape index (κ3) is 2.57. The molecule has 0 unspecified atom stereocenters. The Kier molecular flexibility index (Phi) is 3.51. The quantitative estimate of drug-likeness (QED) is 0.857. The fourth-order valence-corrected chi connectivity index (χ4v) is 2.26. The van der Waals surface area contributed by atoms with E-state index in [1.54, 1.807) is 6.20 Å². The molecule has 0 aliphatic carbocycles. The summed E-state index contributed by atoms with van der Waals surface area (Å²) < 4.78 is 11.6. The number of pyridine rings is 1. The fraction of sp³-hybridized carbons (Fsp3) is 0.250. The van der Waals surface area contributed by atoms with Crippen LogP contribution >= 0.6 is 0 Å². The zero-order valence-electron chi connectivity index (χ0n) is 11.0. The number of nitriles is 1. The minimum Gasteiger partial charge on any atom is -0.486 e. The van der Waals surface area contributed by atoms with Gasteiger partial charge in [0.25, 0.3) is 0 Å². The molecular weight excluding hydrogens is 252 g/mol. The lowest BCUT2D eigenvalue weighted by Crippen LogP contribution is -2.29. The van der Waals surface area contributed by atoms with Crippen LogP contribution in [-0.2, 0) is 6.42 Å². The van der Waals surface area contributed by atoms with Gasteiger partial charge in [-0.15, -0.1) is 0 Å². The van der Waals surface area contributed by atoms with Crippen LogP contribution < -0.4 is 9.47 Å². The molecule has 0 radical (unpaired) electrons. The van der Waals surface area contributed by atoms with Crippen LogP contribution in [0.15, 0.2) is 42.6 Å². The van der Waals surface area contributed by atoms with Gasteiger partial charge in [-0.3, -0.25) is 0 Å². The highest BCUT2D eigenvalue weighted by Crippen LogP contribution is 2.31. The molecule has 0 fully saturated rings. The maximum absolute atomic E-state index is 9.02. The fourth-order valence-electron chi connectivity index (χ4n) is 2.26. The minimum absolute atomic E-state index is 0.0108. The average Bonchev–Trinajstić information content (AvgIpc) is 2.53. The number of benzene rings is 1. The normalized spacial score (nSPS) is 16.4. The van der Waals surface area contributed by atoms with Gasteiger partial charge in [0.15, 0.2) is 11.5 Å². The topological polar surface area (TPSA) is 55.1 Å². The number of hydrogen-bond donors (Lipinski definition) is 0. The van der Waals surface area contributed by atoms with Crippen LogP contribution in [0.4, 0.5) is 0 Å². The molecule has 0 saturated heterocycles. The van der Waals surface area contributed by atoms with E-state index in [-0.39, 0.29) is 6.10 Å². The highest BCUT2D eigenvalue weighted by Gasteiger charge is 2.20. The summed E-state index contributed by atoms with van der Waals surface area (Å²) in [5.41, 5.74) is 1.45. The molecule has 1 aliphatic rings. The van der Waals surface area contributed by atoms with Gasteiger partial charge >= 0.3 is 0 Å². The van der Waals surface area contributed by atoms with E-state index < -0.39 is 0 Å². The first-order chi connectivity index (χ1) is 9.86. The van der Waals surface area contributed by atoms with Gasteiger partial charge in [0.1, 0.15) is 24.5 Å². The van der Waals surface area contributed by atoms with Gasteiger partial charge in [-0.25, -0.2) is 4.98 Å². The molecule has 2 heterocycles. The van der Waals surface area contributed by atoms with Crippen molar-refractivity contribution in [3.63, 3.8) is 0 Å². The highest BCUT2D eigenvalue weighted by molar-refractivity contribution is 5.40. The van der Waals surface area contributed by atoms with Crippen molar-refractivity contribution < 1.29 is 9.47 Å². The summed E-state index contributed by atoms with van der Waals surface area (Å²) in [6.07, 6.45) is 3.21. The summed E-state index contributed by atoms with van der Waals surface area (Å²) in [6, 6.07) is 13.6. The van der Waals surface area contributed by atoms with E-state index in [0.29, 0.717) is 12.3 Å². The summed E-state index contributed by atoms with van der Waals surface area (Å²) >= 11 is 0. The molecule has 1 aliphatic heterocycles. The second-order valence-electron chi connectivity index (χ2n) is 4.66. The van der Waals surface area contributed by atoms with E-state index >= 15 is 0 Å². The van der Waals surface area contributed by atoms with Crippen LogP contribution in [0.3, 0.4) is 0 Å². The Morgan fingerprint density at radius 2 is 2.05 bits per heavy atom. The van der Waals surface area contributed by atoms with Crippen LogP contribution in [0, 0.1) is 11.3 Å². The SMILES string of the molecule is N#Cc1ncccc1CC[C@@H]1COc2ccccc2O1. The predicted molar refractivity (Wildman–Crippen MR) is 73.6 cm³/mol. The van der Waals surface area contributed by atoms with E-state index in [0.717, 1.165) is 29.9 Å². The molecule has 20 heavy (non-hydrogen) atoms. The summed E-state index contributed by atoms with van der Waals surface area (Å²) in [5, 5.41) is 9.02. The number of hydrogen-bond acceptors (Lipinski definition) is 4. The molecule has 1 atom stereocenters. The van der Waals surface area contributed by atoms with Crippen molar-refractivity contribution in [1.29, 1.82) is 5.26 Å². The van der Waals surface area contributed by atoms with Crippen molar-refractivity contribution in [3.8, 4) is 17.6 Å². The van der Waals surface area contributed by atoms with Crippen LogP contribution in [0.25, 0.3) is 0 Å².